The first-order chi connectivity index (χ1) is 8.26. The Kier molecular flexibility index (Phi) is 3.58. The van der Waals surface area contributed by atoms with Gasteiger partial charge >= 0.3 is 6.09 Å². The topological polar surface area (TPSA) is 50.4 Å². The molecule has 0 heterocycles. The van der Waals surface area contributed by atoms with E-state index in [4.69, 9.17) is 4.74 Å². The molecule has 2 N–H and O–H groups in total. The summed E-state index contributed by atoms with van der Waals surface area (Å²) < 4.78 is 5.23. The molecule has 0 unspecified atom stereocenters. The van der Waals surface area contributed by atoms with Crippen molar-refractivity contribution in [1.82, 2.24) is 10.6 Å². The minimum absolute atomic E-state index is 0.282. The van der Waals surface area contributed by atoms with Gasteiger partial charge in [0.25, 0.3) is 0 Å². The third-order valence-corrected chi connectivity index (χ3v) is 3.78. The Hall–Kier alpha value is -0.770. The third kappa shape index (κ3) is 4.16. The maximum absolute atomic E-state index is 11.5. The highest BCUT2D eigenvalue weighted by molar-refractivity contribution is 5.68. The molecule has 2 aliphatic carbocycles. The normalized spacial score (nSPS) is 29.3. The number of nitrogens with one attached hydrogen (secondary N) is 2. The Balaban J connectivity index is 1.57. The lowest BCUT2D eigenvalue weighted by Gasteiger charge is -2.37. The number of hydrogen-bond donors (Lipinski definition) is 2. The van der Waals surface area contributed by atoms with Gasteiger partial charge in [0.2, 0.25) is 0 Å². The minimum atomic E-state index is -0.411. The number of carbonyl (C=O) groups excluding carboxylic acids is 1. The van der Waals surface area contributed by atoms with E-state index in [0.717, 1.165) is 19.4 Å². The Morgan fingerprint density at radius 1 is 1.28 bits per heavy atom. The van der Waals surface area contributed by atoms with Crippen LogP contribution in [0.5, 0.6) is 0 Å². The van der Waals surface area contributed by atoms with Gasteiger partial charge in [-0.25, -0.2) is 4.79 Å². The average molecular weight is 254 g/mol. The molecule has 2 saturated carbocycles. The minimum Gasteiger partial charge on any atom is -0.444 e. The fourth-order valence-corrected chi connectivity index (χ4v) is 2.16. The van der Waals surface area contributed by atoms with Crippen molar-refractivity contribution in [2.45, 2.75) is 71.1 Å². The summed E-state index contributed by atoms with van der Waals surface area (Å²) in [6, 6.07) is 0.853. The summed E-state index contributed by atoms with van der Waals surface area (Å²) in [7, 11) is 0. The molecule has 0 saturated heterocycles. The first kappa shape index (κ1) is 13.7. The van der Waals surface area contributed by atoms with Gasteiger partial charge in [0.15, 0.2) is 0 Å². The molecule has 0 radical (unpaired) electrons. The predicted octanol–water partition coefficient (Wildman–Crippen LogP) is 2.43. The predicted molar refractivity (Wildman–Crippen MR) is 71.5 cm³/mol. The molecule has 4 nitrogen and oxygen atoms in total. The van der Waals surface area contributed by atoms with E-state index >= 15 is 0 Å². The molecule has 1 amide bonds. The van der Waals surface area contributed by atoms with Crippen molar-refractivity contribution in [3.05, 3.63) is 0 Å². The van der Waals surface area contributed by atoms with Crippen LogP contribution in [0.1, 0.15) is 53.4 Å². The van der Waals surface area contributed by atoms with Crippen molar-refractivity contribution >= 4 is 6.09 Å². The van der Waals surface area contributed by atoms with Crippen LogP contribution in [-0.4, -0.2) is 30.3 Å². The number of carbonyl (C=O) groups is 1. The Bertz CT molecular complexity index is 312. The first-order valence-corrected chi connectivity index (χ1v) is 6.99. The van der Waals surface area contributed by atoms with E-state index < -0.39 is 5.60 Å². The molecule has 0 aromatic carbocycles. The average Bonchev–Trinajstić information content (AvgIpc) is 2.85. The van der Waals surface area contributed by atoms with E-state index in [1.54, 1.807) is 0 Å². The largest absolute Gasteiger partial charge is 0.444 e. The van der Waals surface area contributed by atoms with E-state index in [2.05, 4.69) is 17.6 Å². The number of rotatable bonds is 4. The molecular formula is C14H26N2O2. The van der Waals surface area contributed by atoms with Crippen molar-refractivity contribution < 1.29 is 9.53 Å². The lowest BCUT2D eigenvalue weighted by molar-refractivity contribution is 0.0464. The van der Waals surface area contributed by atoms with Crippen molar-refractivity contribution in [1.29, 1.82) is 0 Å². The van der Waals surface area contributed by atoms with Gasteiger partial charge in [0, 0.05) is 18.6 Å². The van der Waals surface area contributed by atoms with Gasteiger partial charge in [-0.15, -0.1) is 0 Å². The second kappa shape index (κ2) is 4.72. The van der Waals surface area contributed by atoms with Gasteiger partial charge in [-0.2, -0.15) is 0 Å². The van der Waals surface area contributed by atoms with Crippen LogP contribution in [0.15, 0.2) is 0 Å². The Morgan fingerprint density at radius 2 is 1.89 bits per heavy atom. The van der Waals surface area contributed by atoms with Crippen molar-refractivity contribution in [2.24, 2.45) is 5.41 Å². The summed E-state index contributed by atoms with van der Waals surface area (Å²) in [6.07, 6.45) is 4.46. The molecule has 0 aromatic rings. The third-order valence-electron chi connectivity index (χ3n) is 3.78. The summed E-state index contributed by atoms with van der Waals surface area (Å²) in [5, 5.41) is 6.50. The van der Waals surface area contributed by atoms with E-state index in [1.807, 2.05) is 20.8 Å². The van der Waals surface area contributed by atoms with Crippen LogP contribution in [0.4, 0.5) is 4.79 Å². The van der Waals surface area contributed by atoms with E-state index in [1.165, 1.54) is 12.8 Å². The van der Waals surface area contributed by atoms with E-state index in [0.29, 0.717) is 11.5 Å². The van der Waals surface area contributed by atoms with E-state index in [-0.39, 0.29) is 12.1 Å². The van der Waals surface area contributed by atoms with Gasteiger partial charge in [-0.3, -0.25) is 0 Å². The lowest BCUT2D eigenvalue weighted by atomic mass is 9.86. The Morgan fingerprint density at radius 3 is 2.39 bits per heavy atom. The van der Waals surface area contributed by atoms with Crippen LogP contribution < -0.4 is 10.6 Å². The lowest BCUT2D eigenvalue weighted by Crippen LogP contribution is -2.53. The summed E-state index contributed by atoms with van der Waals surface area (Å²) in [5.74, 6) is 0. The van der Waals surface area contributed by atoms with Crippen LogP contribution in [0.2, 0.25) is 0 Å². The monoisotopic (exact) mass is 254 g/mol. The SMILES string of the molecule is CC1(CNC2CC(NC(=O)OC(C)(C)C)C2)CC1. The molecule has 0 aromatic heterocycles. The van der Waals surface area contributed by atoms with Gasteiger partial charge in [0.1, 0.15) is 5.60 Å². The zero-order chi connectivity index (χ0) is 13.4. The Labute approximate surface area is 110 Å². The van der Waals surface area contributed by atoms with Gasteiger partial charge < -0.3 is 15.4 Å². The number of alkyl carbamates (subject to hydrolysis) is 1. The number of amides is 1. The summed E-state index contributed by atoms with van der Waals surface area (Å²) >= 11 is 0. The molecule has 0 bridgehead atoms. The zero-order valence-electron chi connectivity index (χ0n) is 12.0. The van der Waals surface area contributed by atoms with Gasteiger partial charge in [-0.05, 0) is 51.9 Å². The summed E-state index contributed by atoms with van der Waals surface area (Å²) in [5.41, 5.74) is 0.149. The molecule has 2 fully saturated rings. The summed E-state index contributed by atoms with van der Waals surface area (Å²) in [4.78, 5) is 11.5. The summed E-state index contributed by atoms with van der Waals surface area (Å²) in [6.45, 7) is 9.10. The molecule has 2 aliphatic rings. The highest BCUT2D eigenvalue weighted by Crippen LogP contribution is 2.44. The van der Waals surface area contributed by atoms with Crippen LogP contribution in [0.3, 0.4) is 0 Å². The molecule has 0 atom stereocenters. The highest BCUT2D eigenvalue weighted by atomic mass is 16.6. The molecule has 104 valence electrons. The van der Waals surface area contributed by atoms with E-state index in [9.17, 15) is 4.79 Å². The van der Waals surface area contributed by atoms with Crippen molar-refractivity contribution in [2.75, 3.05) is 6.54 Å². The maximum Gasteiger partial charge on any atom is 0.407 e. The fraction of sp³-hybridized carbons (Fsp3) is 0.929. The van der Waals surface area contributed by atoms with Gasteiger partial charge in [-0.1, -0.05) is 6.92 Å². The van der Waals surface area contributed by atoms with Crippen LogP contribution in [0, 0.1) is 5.41 Å². The van der Waals surface area contributed by atoms with Crippen molar-refractivity contribution in [3.8, 4) is 0 Å². The molecule has 4 heteroatoms. The van der Waals surface area contributed by atoms with Crippen LogP contribution in [-0.2, 0) is 4.74 Å². The second-order valence-electron chi connectivity index (χ2n) is 7.20. The molecular weight excluding hydrogens is 228 g/mol. The molecule has 0 aliphatic heterocycles. The molecule has 18 heavy (non-hydrogen) atoms. The standard InChI is InChI=1S/C14H26N2O2/c1-13(2,3)18-12(17)16-11-7-10(8-11)15-9-14(4)5-6-14/h10-11,15H,5-9H2,1-4H3,(H,16,17). The maximum atomic E-state index is 11.5. The van der Waals surface area contributed by atoms with Crippen LogP contribution >= 0.6 is 0 Å². The quantitative estimate of drug-likeness (QED) is 0.810. The number of ether oxygens (including phenoxy) is 1. The van der Waals surface area contributed by atoms with Gasteiger partial charge in [0.05, 0.1) is 0 Å². The highest BCUT2D eigenvalue weighted by Gasteiger charge is 2.39. The first-order valence-electron chi connectivity index (χ1n) is 6.99. The molecule has 0 spiro atoms. The van der Waals surface area contributed by atoms with Crippen molar-refractivity contribution in [3.63, 3.8) is 0 Å². The second-order valence-corrected chi connectivity index (χ2v) is 7.20. The molecule has 2 rings (SSSR count). The van der Waals surface area contributed by atoms with Crippen LogP contribution in [0.25, 0.3) is 0 Å². The fourth-order valence-electron chi connectivity index (χ4n) is 2.16. The number of hydrogen-bond acceptors (Lipinski definition) is 3. The zero-order valence-corrected chi connectivity index (χ0v) is 12.0. The smallest absolute Gasteiger partial charge is 0.407 e.